The van der Waals surface area contributed by atoms with Gasteiger partial charge in [0.05, 0.1) is 0 Å². The molecule has 1 aromatic rings. The smallest absolute Gasteiger partial charge is 0.0302 e. The first-order valence-electron chi connectivity index (χ1n) is 5.46. The topological polar surface area (TPSA) is 12.0 Å². The Bertz CT molecular complexity index is 297. The fraction of sp³-hybridized carbons (Fsp3) is 0.667. The van der Waals surface area contributed by atoms with Crippen LogP contribution < -0.4 is 5.32 Å². The van der Waals surface area contributed by atoms with Crippen LogP contribution in [0, 0.1) is 19.8 Å². The Kier molecular flexibility index (Phi) is 2.93. The molecule has 0 spiro atoms. The van der Waals surface area contributed by atoms with Gasteiger partial charge in [-0.1, -0.05) is 6.92 Å². The molecule has 1 aliphatic rings. The maximum atomic E-state index is 3.64. The first-order valence-corrected chi connectivity index (χ1v) is 6.28. The lowest BCUT2D eigenvalue weighted by atomic mass is 9.81. The summed E-state index contributed by atoms with van der Waals surface area (Å²) in [5, 5.41) is 3.64. The van der Waals surface area contributed by atoms with Crippen molar-refractivity contribution in [1.82, 2.24) is 5.32 Å². The molecule has 2 heteroatoms. The molecular weight excluding hydrogens is 190 g/mol. The normalized spacial score (nSPS) is 26.2. The summed E-state index contributed by atoms with van der Waals surface area (Å²) in [6.45, 7) is 7.80. The predicted octanol–water partition coefficient (Wildman–Crippen LogP) is 3.25. The fourth-order valence-corrected chi connectivity index (χ4v) is 2.94. The summed E-state index contributed by atoms with van der Waals surface area (Å²) < 4.78 is 0. The van der Waals surface area contributed by atoms with Gasteiger partial charge >= 0.3 is 0 Å². The van der Waals surface area contributed by atoms with Crippen molar-refractivity contribution in [2.24, 2.45) is 5.92 Å². The maximum absolute atomic E-state index is 3.64. The van der Waals surface area contributed by atoms with Gasteiger partial charge in [-0.2, -0.15) is 0 Å². The second-order valence-corrected chi connectivity index (χ2v) is 5.83. The van der Waals surface area contributed by atoms with Gasteiger partial charge in [-0.25, -0.2) is 0 Å². The number of thiophene rings is 1. The molecule has 78 valence electrons. The van der Waals surface area contributed by atoms with Crippen LogP contribution in [-0.2, 0) is 6.54 Å². The van der Waals surface area contributed by atoms with Gasteiger partial charge in [-0.05, 0) is 44.2 Å². The third-order valence-corrected chi connectivity index (χ3v) is 4.53. The molecule has 1 aliphatic carbocycles. The summed E-state index contributed by atoms with van der Waals surface area (Å²) in [5.41, 5.74) is 1.44. The average Bonchev–Trinajstić information content (AvgIpc) is 2.44. The van der Waals surface area contributed by atoms with Crippen LogP contribution in [0.5, 0.6) is 0 Å². The summed E-state index contributed by atoms with van der Waals surface area (Å²) in [5.74, 6) is 0.886. The van der Waals surface area contributed by atoms with Gasteiger partial charge in [0.1, 0.15) is 0 Å². The van der Waals surface area contributed by atoms with Crippen molar-refractivity contribution in [2.45, 2.75) is 46.2 Å². The van der Waals surface area contributed by atoms with E-state index in [1.165, 1.54) is 28.2 Å². The van der Waals surface area contributed by atoms with E-state index in [9.17, 15) is 0 Å². The molecule has 0 aliphatic heterocycles. The number of rotatable bonds is 3. The Hall–Kier alpha value is -0.340. The number of aryl methyl sites for hydroxylation is 2. The van der Waals surface area contributed by atoms with E-state index in [4.69, 9.17) is 0 Å². The lowest BCUT2D eigenvalue weighted by molar-refractivity contribution is 0.229. The molecule has 1 heterocycles. The first-order chi connectivity index (χ1) is 6.66. The molecule has 0 radical (unpaired) electrons. The summed E-state index contributed by atoms with van der Waals surface area (Å²) in [4.78, 5) is 2.95. The van der Waals surface area contributed by atoms with Gasteiger partial charge in [-0.15, -0.1) is 11.3 Å². The summed E-state index contributed by atoms with van der Waals surface area (Å²) in [6.07, 6.45) is 2.77. The highest BCUT2D eigenvalue weighted by Crippen LogP contribution is 2.27. The van der Waals surface area contributed by atoms with Gasteiger partial charge in [-0.3, -0.25) is 0 Å². The van der Waals surface area contributed by atoms with Gasteiger partial charge in [0.25, 0.3) is 0 Å². The number of hydrogen-bond donors (Lipinski definition) is 1. The minimum Gasteiger partial charge on any atom is -0.309 e. The molecular formula is C12H19NS. The van der Waals surface area contributed by atoms with Crippen LogP contribution in [0.2, 0.25) is 0 Å². The molecule has 1 fully saturated rings. The third-order valence-electron chi connectivity index (χ3n) is 3.38. The van der Waals surface area contributed by atoms with Crippen LogP contribution in [0.15, 0.2) is 6.07 Å². The van der Waals surface area contributed by atoms with Gasteiger partial charge in [0.15, 0.2) is 0 Å². The molecule has 1 aromatic heterocycles. The lowest BCUT2D eigenvalue weighted by Crippen LogP contribution is -2.41. The lowest BCUT2D eigenvalue weighted by Gasteiger charge is -2.34. The van der Waals surface area contributed by atoms with Crippen LogP contribution in [-0.4, -0.2) is 6.04 Å². The van der Waals surface area contributed by atoms with Gasteiger partial charge < -0.3 is 5.32 Å². The molecule has 0 saturated heterocycles. The molecule has 2 atom stereocenters. The van der Waals surface area contributed by atoms with E-state index in [1.807, 2.05) is 11.3 Å². The highest BCUT2D eigenvalue weighted by atomic mass is 32.1. The van der Waals surface area contributed by atoms with E-state index < -0.39 is 0 Å². The molecule has 14 heavy (non-hydrogen) atoms. The Labute approximate surface area is 90.5 Å². The molecule has 0 bridgehead atoms. The Balaban J connectivity index is 1.85. The second-order valence-electron chi connectivity index (χ2n) is 4.49. The summed E-state index contributed by atoms with van der Waals surface area (Å²) >= 11 is 1.93. The van der Waals surface area contributed by atoms with Crippen molar-refractivity contribution in [3.63, 3.8) is 0 Å². The Morgan fingerprint density at radius 2 is 2.21 bits per heavy atom. The summed E-state index contributed by atoms with van der Waals surface area (Å²) in [6, 6.07) is 3.09. The fourth-order valence-electron chi connectivity index (χ4n) is 1.94. The van der Waals surface area contributed by atoms with Crippen LogP contribution in [0.4, 0.5) is 0 Å². The van der Waals surface area contributed by atoms with Crippen LogP contribution >= 0.6 is 11.3 Å². The number of nitrogens with one attached hydrogen (secondary N) is 1. The standard InChI is InChI=1S/C12H19NS/c1-8-4-5-12(8)13-7-11-6-9(2)10(3)14-11/h6,8,12-13H,4-5,7H2,1-3H3. The maximum Gasteiger partial charge on any atom is 0.0302 e. The molecule has 2 unspecified atom stereocenters. The van der Waals surface area contributed by atoms with E-state index in [-0.39, 0.29) is 0 Å². The van der Waals surface area contributed by atoms with E-state index in [2.05, 4.69) is 32.2 Å². The quantitative estimate of drug-likeness (QED) is 0.805. The van der Waals surface area contributed by atoms with Crippen molar-refractivity contribution in [3.8, 4) is 0 Å². The van der Waals surface area contributed by atoms with Gasteiger partial charge in [0, 0.05) is 22.3 Å². The minimum atomic E-state index is 0.776. The Morgan fingerprint density at radius 1 is 1.43 bits per heavy atom. The van der Waals surface area contributed by atoms with Crippen LogP contribution in [0.1, 0.15) is 35.1 Å². The van der Waals surface area contributed by atoms with Crippen molar-refractivity contribution in [2.75, 3.05) is 0 Å². The zero-order chi connectivity index (χ0) is 10.1. The highest BCUT2D eigenvalue weighted by molar-refractivity contribution is 7.12. The largest absolute Gasteiger partial charge is 0.309 e. The minimum absolute atomic E-state index is 0.776. The van der Waals surface area contributed by atoms with Crippen molar-refractivity contribution >= 4 is 11.3 Å². The monoisotopic (exact) mass is 209 g/mol. The zero-order valence-electron chi connectivity index (χ0n) is 9.26. The molecule has 0 aromatic carbocycles. The molecule has 0 amide bonds. The molecule has 1 N–H and O–H groups in total. The SMILES string of the molecule is Cc1cc(CNC2CCC2C)sc1C. The third kappa shape index (κ3) is 2.01. The molecule has 1 saturated carbocycles. The summed E-state index contributed by atoms with van der Waals surface area (Å²) in [7, 11) is 0. The van der Waals surface area contributed by atoms with E-state index in [0.717, 1.165) is 18.5 Å². The Morgan fingerprint density at radius 3 is 2.64 bits per heavy atom. The van der Waals surface area contributed by atoms with E-state index in [0.29, 0.717) is 0 Å². The highest BCUT2D eigenvalue weighted by Gasteiger charge is 2.25. The van der Waals surface area contributed by atoms with Crippen molar-refractivity contribution < 1.29 is 0 Å². The predicted molar refractivity (Wildman–Crippen MR) is 62.8 cm³/mol. The first kappa shape index (κ1) is 10.2. The van der Waals surface area contributed by atoms with Crippen LogP contribution in [0.3, 0.4) is 0 Å². The van der Waals surface area contributed by atoms with Crippen molar-refractivity contribution in [1.29, 1.82) is 0 Å². The van der Waals surface area contributed by atoms with Gasteiger partial charge in [0.2, 0.25) is 0 Å². The van der Waals surface area contributed by atoms with E-state index in [1.54, 1.807) is 0 Å². The number of hydrogen-bond acceptors (Lipinski definition) is 2. The average molecular weight is 209 g/mol. The van der Waals surface area contributed by atoms with E-state index >= 15 is 0 Å². The zero-order valence-corrected chi connectivity index (χ0v) is 10.1. The van der Waals surface area contributed by atoms with Crippen molar-refractivity contribution in [3.05, 3.63) is 21.4 Å². The second kappa shape index (κ2) is 4.03. The molecule has 1 nitrogen and oxygen atoms in total. The molecule has 2 rings (SSSR count). The van der Waals surface area contributed by atoms with Crippen LogP contribution in [0.25, 0.3) is 0 Å².